The molecule has 10 heteroatoms. The number of amides is 1. The summed E-state index contributed by atoms with van der Waals surface area (Å²) in [6, 6.07) is 12.7. The van der Waals surface area contributed by atoms with Gasteiger partial charge in [-0.05, 0) is 56.5 Å². The fraction of sp³-hybridized carbons (Fsp3) is 0.409. The Kier molecular flexibility index (Phi) is 8.16. The Bertz CT molecular complexity index is 1020. The third-order valence-electron chi connectivity index (χ3n) is 5.24. The lowest BCUT2D eigenvalue weighted by Gasteiger charge is -2.32. The predicted octanol–water partition coefficient (Wildman–Crippen LogP) is 3.23. The molecule has 3 rings (SSSR count). The summed E-state index contributed by atoms with van der Waals surface area (Å²) in [5.41, 5.74) is 1.16. The van der Waals surface area contributed by atoms with Gasteiger partial charge in [0.15, 0.2) is 0 Å². The lowest BCUT2D eigenvalue weighted by Crippen LogP contribution is -2.43. The van der Waals surface area contributed by atoms with Crippen molar-refractivity contribution in [3.05, 3.63) is 54.1 Å². The molecule has 2 aromatic rings. The highest BCUT2D eigenvalue weighted by Gasteiger charge is 2.24. The number of carbonyl (C=O) groups is 1. The monoisotopic (exact) mass is 467 g/mol. The standard InChI is InChI=1S/C22H27F2N3O4S/c1-16-8-10-18(11-9-16)32(29,30)25-13-17-5-4-12-27(14-17)15-21(28)26-19-6-2-3-7-20(19)31-22(23)24/h2-3,6-11,17,22,25H,4-5,12-15H2,1H3,(H,26,28). The lowest BCUT2D eigenvalue weighted by molar-refractivity contribution is -0.117. The first kappa shape index (κ1) is 24.1. The van der Waals surface area contributed by atoms with Gasteiger partial charge in [0.2, 0.25) is 15.9 Å². The van der Waals surface area contributed by atoms with Crippen molar-refractivity contribution in [1.29, 1.82) is 0 Å². The summed E-state index contributed by atoms with van der Waals surface area (Å²) in [5, 5.41) is 2.61. The number of carbonyl (C=O) groups excluding carboxylic acids is 1. The second-order valence-electron chi connectivity index (χ2n) is 7.83. The van der Waals surface area contributed by atoms with E-state index in [9.17, 15) is 22.0 Å². The molecule has 0 aromatic heterocycles. The minimum atomic E-state index is -3.60. The van der Waals surface area contributed by atoms with E-state index < -0.39 is 16.6 Å². The Morgan fingerprint density at radius 3 is 2.62 bits per heavy atom. The van der Waals surface area contributed by atoms with Crippen LogP contribution in [0.25, 0.3) is 0 Å². The highest BCUT2D eigenvalue weighted by Crippen LogP contribution is 2.25. The summed E-state index contributed by atoms with van der Waals surface area (Å²) in [6.45, 7) is 0.507. The molecule has 0 aliphatic carbocycles. The van der Waals surface area contributed by atoms with E-state index in [1.165, 1.54) is 12.1 Å². The number of hydrogen-bond donors (Lipinski definition) is 2. The average Bonchev–Trinajstić information content (AvgIpc) is 2.74. The minimum absolute atomic E-state index is 0.0613. The van der Waals surface area contributed by atoms with Crippen molar-refractivity contribution < 1.29 is 26.7 Å². The third-order valence-corrected chi connectivity index (χ3v) is 6.68. The van der Waals surface area contributed by atoms with Crippen LogP contribution < -0.4 is 14.8 Å². The molecule has 1 atom stereocenters. The second kappa shape index (κ2) is 10.8. The van der Waals surface area contributed by atoms with Crippen LogP contribution in [0.2, 0.25) is 0 Å². The fourth-order valence-corrected chi connectivity index (χ4v) is 4.77. The molecule has 32 heavy (non-hydrogen) atoms. The zero-order chi connectivity index (χ0) is 23.1. The summed E-state index contributed by atoms with van der Waals surface area (Å²) < 4.78 is 57.2. The molecule has 2 N–H and O–H groups in total. The van der Waals surface area contributed by atoms with Crippen LogP contribution in [0.5, 0.6) is 5.75 Å². The number of rotatable bonds is 9. The van der Waals surface area contributed by atoms with Gasteiger partial charge < -0.3 is 10.1 Å². The topological polar surface area (TPSA) is 87.7 Å². The summed E-state index contributed by atoms with van der Waals surface area (Å²) in [7, 11) is -3.60. The smallest absolute Gasteiger partial charge is 0.387 e. The van der Waals surface area contributed by atoms with Crippen molar-refractivity contribution in [2.45, 2.75) is 31.3 Å². The number of aryl methyl sites for hydroxylation is 1. The van der Waals surface area contributed by atoms with E-state index >= 15 is 0 Å². The van der Waals surface area contributed by atoms with Crippen molar-refractivity contribution in [2.24, 2.45) is 5.92 Å². The number of nitrogens with one attached hydrogen (secondary N) is 2. The first-order valence-corrected chi connectivity index (χ1v) is 11.8. The van der Waals surface area contributed by atoms with E-state index in [2.05, 4.69) is 14.8 Å². The van der Waals surface area contributed by atoms with Crippen LogP contribution in [-0.2, 0) is 14.8 Å². The molecule has 0 bridgehead atoms. The largest absolute Gasteiger partial charge is 0.433 e. The number of piperidine rings is 1. The number of para-hydroxylation sites is 2. The van der Waals surface area contributed by atoms with Crippen LogP contribution in [0, 0.1) is 12.8 Å². The number of sulfonamides is 1. The van der Waals surface area contributed by atoms with E-state index in [-0.39, 0.29) is 41.2 Å². The Balaban J connectivity index is 1.52. The maximum Gasteiger partial charge on any atom is 0.387 e. The van der Waals surface area contributed by atoms with Gasteiger partial charge in [0.25, 0.3) is 0 Å². The van der Waals surface area contributed by atoms with Crippen LogP contribution in [0.4, 0.5) is 14.5 Å². The molecule has 1 aliphatic heterocycles. The number of benzene rings is 2. The zero-order valence-corrected chi connectivity index (χ0v) is 18.6. The van der Waals surface area contributed by atoms with Crippen LogP contribution in [0.3, 0.4) is 0 Å². The van der Waals surface area contributed by atoms with Crippen molar-refractivity contribution in [3.63, 3.8) is 0 Å². The number of nitrogens with zero attached hydrogens (tertiary/aromatic N) is 1. The summed E-state index contributed by atoms with van der Waals surface area (Å²) in [6.07, 6.45) is 1.68. The Morgan fingerprint density at radius 1 is 1.19 bits per heavy atom. The molecule has 2 aromatic carbocycles. The molecule has 7 nitrogen and oxygen atoms in total. The quantitative estimate of drug-likeness (QED) is 0.591. The van der Waals surface area contributed by atoms with E-state index in [1.807, 2.05) is 11.8 Å². The number of likely N-dealkylation sites (tertiary alicyclic amines) is 1. The molecule has 1 fully saturated rings. The van der Waals surface area contributed by atoms with Gasteiger partial charge in [0.05, 0.1) is 17.1 Å². The minimum Gasteiger partial charge on any atom is -0.433 e. The van der Waals surface area contributed by atoms with Gasteiger partial charge in [-0.3, -0.25) is 9.69 Å². The molecule has 0 spiro atoms. The maximum absolute atomic E-state index is 12.5. The van der Waals surface area contributed by atoms with Crippen LogP contribution in [-0.4, -0.2) is 52.0 Å². The highest BCUT2D eigenvalue weighted by molar-refractivity contribution is 7.89. The number of anilines is 1. The van der Waals surface area contributed by atoms with E-state index in [4.69, 9.17) is 0 Å². The van der Waals surface area contributed by atoms with Crippen LogP contribution in [0.1, 0.15) is 18.4 Å². The first-order chi connectivity index (χ1) is 15.2. The number of ether oxygens (including phenoxy) is 1. The summed E-state index contributed by atoms with van der Waals surface area (Å²) in [5.74, 6) is -0.389. The van der Waals surface area contributed by atoms with E-state index in [0.717, 1.165) is 18.4 Å². The van der Waals surface area contributed by atoms with Gasteiger partial charge in [-0.2, -0.15) is 8.78 Å². The Hall–Kier alpha value is -2.56. The van der Waals surface area contributed by atoms with Gasteiger partial charge in [-0.25, -0.2) is 13.1 Å². The summed E-state index contributed by atoms with van der Waals surface area (Å²) in [4.78, 5) is 14.6. The van der Waals surface area contributed by atoms with Crippen LogP contribution >= 0.6 is 0 Å². The molecule has 1 amide bonds. The van der Waals surface area contributed by atoms with Crippen LogP contribution in [0.15, 0.2) is 53.4 Å². The fourth-order valence-electron chi connectivity index (χ4n) is 3.65. The van der Waals surface area contributed by atoms with E-state index in [1.54, 1.807) is 36.4 Å². The molecule has 0 saturated carbocycles. The predicted molar refractivity (Wildman–Crippen MR) is 117 cm³/mol. The Morgan fingerprint density at radius 2 is 1.91 bits per heavy atom. The summed E-state index contributed by atoms with van der Waals surface area (Å²) >= 11 is 0. The van der Waals surface area contributed by atoms with Gasteiger partial charge in [0, 0.05) is 13.1 Å². The molecule has 1 unspecified atom stereocenters. The molecular weight excluding hydrogens is 440 g/mol. The SMILES string of the molecule is Cc1ccc(S(=O)(=O)NCC2CCCN(CC(=O)Nc3ccccc3OC(F)F)C2)cc1. The van der Waals surface area contributed by atoms with Crippen molar-refractivity contribution in [1.82, 2.24) is 9.62 Å². The zero-order valence-electron chi connectivity index (χ0n) is 17.8. The molecule has 174 valence electrons. The maximum atomic E-state index is 12.5. The second-order valence-corrected chi connectivity index (χ2v) is 9.60. The van der Waals surface area contributed by atoms with Gasteiger partial charge in [-0.1, -0.05) is 29.8 Å². The third kappa shape index (κ3) is 6.98. The molecule has 1 saturated heterocycles. The number of halogens is 2. The highest BCUT2D eigenvalue weighted by atomic mass is 32.2. The number of hydrogen-bond acceptors (Lipinski definition) is 5. The Labute approximate surface area is 186 Å². The van der Waals surface area contributed by atoms with Crippen molar-refractivity contribution in [2.75, 3.05) is 31.5 Å². The van der Waals surface area contributed by atoms with Crippen molar-refractivity contribution >= 4 is 21.6 Å². The molecule has 0 radical (unpaired) electrons. The first-order valence-electron chi connectivity index (χ1n) is 10.4. The van der Waals surface area contributed by atoms with Gasteiger partial charge in [-0.15, -0.1) is 0 Å². The lowest BCUT2D eigenvalue weighted by atomic mass is 9.98. The van der Waals surface area contributed by atoms with Crippen molar-refractivity contribution in [3.8, 4) is 5.75 Å². The molecule has 1 aliphatic rings. The van der Waals surface area contributed by atoms with Gasteiger partial charge in [0.1, 0.15) is 5.75 Å². The normalized spacial score (nSPS) is 17.3. The molecule has 1 heterocycles. The molecular formula is C22H27F2N3O4S. The average molecular weight is 468 g/mol. The van der Waals surface area contributed by atoms with Gasteiger partial charge >= 0.3 is 6.61 Å². The van der Waals surface area contributed by atoms with E-state index in [0.29, 0.717) is 13.1 Å². The number of alkyl halides is 2.